The van der Waals surface area contributed by atoms with Crippen molar-refractivity contribution in [2.24, 2.45) is 0 Å². The molecule has 2 amide bonds. The smallest absolute Gasteiger partial charge is 0.236 e. The molecule has 2 aliphatic rings. The van der Waals surface area contributed by atoms with Gasteiger partial charge in [-0.05, 0) is 19.3 Å². The van der Waals surface area contributed by atoms with E-state index in [0.717, 1.165) is 25.8 Å². The van der Waals surface area contributed by atoms with E-state index in [1.165, 1.54) is 0 Å². The Bertz CT molecular complexity index is 613. The minimum Gasteiger partial charge on any atom is -0.342 e. The number of hydrogen-bond acceptors (Lipinski definition) is 6. The van der Waals surface area contributed by atoms with Crippen LogP contribution in [0, 0.1) is 6.92 Å². The number of likely N-dealkylation sites (tertiary alicyclic amines) is 1. The van der Waals surface area contributed by atoms with Gasteiger partial charge >= 0.3 is 0 Å². The lowest BCUT2D eigenvalue weighted by Crippen LogP contribution is -2.42. The molecule has 1 aromatic rings. The molecule has 1 aliphatic carbocycles. The molecule has 132 valence electrons. The first-order valence-corrected chi connectivity index (χ1v) is 8.48. The summed E-state index contributed by atoms with van der Waals surface area (Å²) in [5.41, 5.74) is 0. The zero-order valence-electron chi connectivity index (χ0n) is 14.6. The quantitative estimate of drug-likeness (QED) is 0.749. The van der Waals surface area contributed by atoms with Gasteiger partial charge in [0.25, 0.3) is 0 Å². The lowest BCUT2D eigenvalue weighted by Gasteiger charge is -2.27. The highest BCUT2D eigenvalue weighted by molar-refractivity contribution is 5.78. The largest absolute Gasteiger partial charge is 0.342 e. The van der Waals surface area contributed by atoms with Crippen LogP contribution >= 0.6 is 0 Å². The van der Waals surface area contributed by atoms with Crippen LogP contribution in [0.4, 0.5) is 0 Å². The minimum absolute atomic E-state index is 0.00859. The summed E-state index contributed by atoms with van der Waals surface area (Å²) >= 11 is 0. The van der Waals surface area contributed by atoms with Gasteiger partial charge in [-0.15, -0.1) is 0 Å². The summed E-state index contributed by atoms with van der Waals surface area (Å²) < 4.78 is 4.98. The number of amides is 2. The Labute approximate surface area is 141 Å². The van der Waals surface area contributed by atoms with Crippen molar-refractivity contribution >= 4 is 11.8 Å². The molecular formula is C16H25N5O3. The van der Waals surface area contributed by atoms with Gasteiger partial charge in [0.2, 0.25) is 17.7 Å². The molecule has 8 nitrogen and oxygen atoms in total. The molecule has 1 saturated carbocycles. The number of hydrogen-bond donors (Lipinski definition) is 0. The van der Waals surface area contributed by atoms with Crippen molar-refractivity contribution in [2.45, 2.75) is 51.7 Å². The van der Waals surface area contributed by atoms with E-state index in [1.54, 1.807) is 18.7 Å². The highest BCUT2D eigenvalue weighted by Crippen LogP contribution is 2.26. The van der Waals surface area contributed by atoms with E-state index in [1.807, 2.05) is 11.9 Å². The maximum absolute atomic E-state index is 12.3. The molecule has 1 aliphatic heterocycles. The van der Waals surface area contributed by atoms with Crippen molar-refractivity contribution < 1.29 is 14.1 Å². The summed E-state index contributed by atoms with van der Waals surface area (Å²) in [5, 5.41) is 3.87. The zero-order chi connectivity index (χ0) is 17.3. The van der Waals surface area contributed by atoms with Crippen LogP contribution in [-0.4, -0.2) is 75.4 Å². The average Bonchev–Trinajstić information content (AvgIpc) is 3.15. The number of rotatable bonds is 6. The van der Waals surface area contributed by atoms with Crippen LogP contribution in [0.3, 0.4) is 0 Å². The molecule has 0 unspecified atom stereocenters. The average molecular weight is 335 g/mol. The van der Waals surface area contributed by atoms with Gasteiger partial charge in [0.15, 0.2) is 5.82 Å². The van der Waals surface area contributed by atoms with Gasteiger partial charge < -0.3 is 14.3 Å². The summed E-state index contributed by atoms with van der Waals surface area (Å²) in [4.78, 5) is 34.2. The van der Waals surface area contributed by atoms with Crippen LogP contribution in [-0.2, 0) is 16.1 Å². The maximum atomic E-state index is 12.3. The number of carbonyl (C=O) groups excluding carboxylic acids is 2. The Hall–Kier alpha value is -1.96. The highest BCUT2D eigenvalue weighted by Gasteiger charge is 2.34. The molecule has 3 rings (SSSR count). The topological polar surface area (TPSA) is 82.8 Å². The lowest BCUT2D eigenvalue weighted by atomic mass is 10.2. The van der Waals surface area contributed by atoms with E-state index in [4.69, 9.17) is 4.52 Å². The van der Waals surface area contributed by atoms with Crippen LogP contribution in [0.2, 0.25) is 0 Å². The Morgan fingerprint density at radius 1 is 1.29 bits per heavy atom. The number of aromatic nitrogens is 2. The first kappa shape index (κ1) is 16.9. The van der Waals surface area contributed by atoms with Gasteiger partial charge in [0.1, 0.15) is 0 Å². The fourth-order valence-electron chi connectivity index (χ4n) is 3.23. The third-order valence-electron chi connectivity index (χ3n) is 4.82. The SMILES string of the molecule is CC(=O)N(Cc1noc(C)n1)[C@H]1CCN(CC(=O)N(C)C2CC2)C1. The van der Waals surface area contributed by atoms with Crippen molar-refractivity contribution in [3.63, 3.8) is 0 Å². The fraction of sp³-hybridized carbons (Fsp3) is 0.750. The molecule has 2 heterocycles. The van der Waals surface area contributed by atoms with Crippen molar-refractivity contribution in [1.29, 1.82) is 0 Å². The molecule has 8 heteroatoms. The van der Waals surface area contributed by atoms with E-state index in [0.29, 0.717) is 37.4 Å². The Kier molecular flexibility index (Phi) is 4.84. The maximum Gasteiger partial charge on any atom is 0.236 e. The van der Waals surface area contributed by atoms with Crippen molar-refractivity contribution in [2.75, 3.05) is 26.7 Å². The molecule has 1 atom stereocenters. The number of carbonyl (C=O) groups is 2. The van der Waals surface area contributed by atoms with Gasteiger partial charge in [0, 0.05) is 46.1 Å². The van der Waals surface area contributed by atoms with Crippen LogP contribution in [0.25, 0.3) is 0 Å². The molecule has 24 heavy (non-hydrogen) atoms. The third kappa shape index (κ3) is 3.92. The van der Waals surface area contributed by atoms with Gasteiger partial charge in [0.05, 0.1) is 13.1 Å². The molecule has 0 radical (unpaired) electrons. The van der Waals surface area contributed by atoms with Gasteiger partial charge in [-0.25, -0.2) is 0 Å². The van der Waals surface area contributed by atoms with E-state index >= 15 is 0 Å². The molecule has 0 bridgehead atoms. The van der Waals surface area contributed by atoms with Crippen LogP contribution in [0.5, 0.6) is 0 Å². The molecule has 1 saturated heterocycles. The van der Waals surface area contributed by atoms with E-state index < -0.39 is 0 Å². The molecular weight excluding hydrogens is 310 g/mol. The molecule has 0 aromatic carbocycles. The van der Waals surface area contributed by atoms with Crippen LogP contribution in [0.15, 0.2) is 4.52 Å². The molecule has 1 aromatic heterocycles. The normalized spacial score (nSPS) is 21.0. The molecule has 0 spiro atoms. The van der Waals surface area contributed by atoms with Crippen molar-refractivity contribution in [1.82, 2.24) is 24.8 Å². The first-order valence-electron chi connectivity index (χ1n) is 8.48. The van der Waals surface area contributed by atoms with Gasteiger partial charge in [-0.1, -0.05) is 5.16 Å². The zero-order valence-corrected chi connectivity index (χ0v) is 14.6. The minimum atomic E-state index is -0.00859. The van der Waals surface area contributed by atoms with Crippen LogP contribution < -0.4 is 0 Å². The molecule has 2 fully saturated rings. The summed E-state index contributed by atoms with van der Waals surface area (Å²) in [6.45, 7) is 5.60. The fourth-order valence-corrected chi connectivity index (χ4v) is 3.23. The van der Waals surface area contributed by atoms with Gasteiger partial charge in [-0.3, -0.25) is 14.5 Å². The Morgan fingerprint density at radius 3 is 2.62 bits per heavy atom. The second kappa shape index (κ2) is 6.88. The monoisotopic (exact) mass is 335 g/mol. The summed E-state index contributed by atoms with van der Waals surface area (Å²) in [6, 6.07) is 0.520. The summed E-state index contributed by atoms with van der Waals surface area (Å²) in [6.07, 6.45) is 3.09. The lowest BCUT2D eigenvalue weighted by molar-refractivity contribution is -0.131. The van der Waals surface area contributed by atoms with Crippen molar-refractivity contribution in [3.05, 3.63) is 11.7 Å². The van der Waals surface area contributed by atoms with E-state index in [-0.39, 0.29) is 17.9 Å². The number of nitrogens with zero attached hydrogens (tertiary/aromatic N) is 5. The Morgan fingerprint density at radius 2 is 2.04 bits per heavy atom. The van der Waals surface area contributed by atoms with Crippen LogP contribution in [0.1, 0.15) is 37.9 Å². The third-order valence-corrected chi connectivity index (χ3v) is 4.82. The predicted octanol–water partition coefficient (Wildman–Crippen LogP) is 0.422. The van der Waals surface area contributed by atoms with E-state index in [9.17, 15) is 9.59 Å². The van der Waals surface area contributed by atoms with Crippen molar-refractivity contribution in [3.8, 4) is 0 Å². The number of aryl methyl sites for hydroxylation is 1. The van der Waals surface area contributed by atoms with Gasteiger partial charge in [-0.2, -0.15) is 4.98 Å². The highest BCUT2D eigenvalue weighted by atomic mass is 16.5. The second-order valence-electron chi connectivity index (χ2n) is 6.79. The standard InChI is InChI=1S/C16H25N5O3/c1-11-17-15(18-24-11)9-21(12(2)22)14-6-7-20(8-14)10-16(23)19(3)13-4-5-13/h13-14H,4-10H2,1-3H3/t14-/m0/s1. The first-order chi connectivity index (χ1) is 11.4. The summed E-state index contributed by atoms with van der Waals surface area (Å²) in [5.74, 6) is 1.17. The Balaban J connectivity index is 1.55. The summed E-state index contributed by atoms with van der Waals surface area (Å²) in [7, 11) is 1.88. The predicted molar refractivity (Wildman–Crippen MR) is 85.9 cm³/mol. The second-order valence-corrected chi connectivity index (χ2v) is 6.79. The number of likely N-dealkylation sites (N-methyl/N-ethyl adjacent to an activating group) is 1. The van der Waals surface area contributed by atoms with E-state index in [2.05, 4.69) is 15.0 Å². The molecule has 0 N–H and O–H groups in total.